The largest absolute Gasteiger partial charge is 0.573 e. The summed E-state index contributed by atoms with van der Waals surface area (Å²) in [5.74, 6) is -1.08. The van der Waals surface area contributed by atoms with Crippen LogP contribution in [0.25, 0.3) is 0 Å². The molecule has 2 aromatic carbocycles. The van der Waals surface area contributed by atoms with Crippen LogP contribution in [0, 0.1) is 0 Å². The fraction of sp³-hybridized carbons (Fsp3) is 0.409. The number of hydrogen-bond acceptors (Lipinski definition) is 3. The minimum atomic E-state index is -4.86. The van der Waals surface area contributed by atoms with E-state index in [4.69, 9.17) is 0 Å². The maximum absolute atomic E-state index is 12.9. The van der Waals surface area contributed by atoms with Gasteiger partial charge in [-0.15, -0.1) is 13.2 Å². The number of alkyl halides is 3. The number of nitrogens with zero attached hydrogens (tertiary/aromatic N) is 1. The van der Waals surface area contributed by atoms with E-state index in [0.29, 0.717) is 0 Å². The van der Waals surface area contributed by atoms with Gasteiger partial charge in [0.15, 0.2) is 0 Å². The molecule has 156 valence electrons. The molecule has 0 radical (unpaired) electrons. The number of hydrogen-bond donors (Lipinski definition) is 1. The molecule has 1 aliphatic heterocycles. The van der Waals surface area contributed by atoms with Crippen LogP contribution >= 0.6 is 0 Å². The second kappa shape index (κ2) is 8.45. The summed E-state index contributed by atoms with van der Waals surface area (Å²) in [5.41, 5.74) is 0.706. The molecule has 1 aliphatic rings. The van der Waals surface area contributed by atoms with Crippen LogP contribution in [0.2, 0.25) is 0 Å². The molecule has 3 rings (SSSR count). The Kier molecular flexibility index (Phi) is 6.17. The van der Waals surface area contributed by atoms with E-state index in [1.165, 1.54) is 18.2 Å². The summed E-state index contributed by atoms with van der Waals surface area (Å²) >= 11 is 0. The minimum absolute atomic E-state index is 0.132. The lowest BCUT2D eigenvalue weighted by atomic mass is 9.68. The number of benzene rings is 2. The summed E-state index contributed by atoms with van der Waals surface area (Å²) in [4.78, 5) is 15.1. The molecule has 7 heteroatoms. The average molecular weight is 406 g/mol. The van der Waals surface area contributed by atoms with E-state index >= 15 is 0 Å². The van der Waals surface area contributed by atoms with Gasteiger partial charge in [0.25, 0.3) is 5.91 Å². The Bertz CT molecular complexity index is 831. The summed E-state index contributed by atoms with van der Waals surface area (Å²) < 4.78 is 42.1. The summed E-state index contributed by atoms with van der Waals surface area (Å²) in [5, 5.41) is 2.94. The number of ether oxygens (including phenoxy) is 1. The zero-order chi connectivity index (χ0) is 21.1. The highest BCUT2D eigenvalue weighted by Gasteiger charge is 2.41. The van der Waals surface area contributed by atoms with Gasteiger partial charge in [0.1, 0.15) is 5.75 Å². The average Bonchev–Trinajstić information content (AvgIpc) is 2.68. The first-order chi connectivity index (χ1) is 13.7. The lowest BCUT2D eigenvalue weighted by Gasteiger charge is -2.45. The maximum atomic E-state index is 12.9. The predicted molar refractivity (Wildman–Crippen MR) is 105 cm³/mol. The van der Waals surface area contributed by atoms with Gasteiger partial charge in [0.05, 0.1) is 5.56 Å². The maximum Gasteiger partial charge on any atom is 0.573 e. The Morgan fingerprint density at radius 1 is 1.07 bits per heavy atom. The van der Waals surface area contributed by atoms with E-state index in [0.717, 1.165) is 37.6 Å². The lowest BCUT2D eigenvalue weighted by molar-refractivity contribution is -0.274. The smallest absolute Gasteiger partial charge is 0.405 e. The molecule has 1 fully saturated rings. The number of carbonyl (C=O) groups is 1. The highest BCUT2D eigenvalue weighted by atomic mass is 19.4. The monoisotopic (exact) mass is 406 g/mol. The van der Waals surface area contributed by atoms with Crippen LogP contribution in [-0.4, -0.2) is 43.3 Å². The van der Waals surface area contributed by atoms with Gasteiger partial charge in [-0.05, 0) is 57.6 Å². The summed E-state index contributed by atoms with van der Waals surface area (Å²) in [6.45, 7) is 3.68. The van der Waals surface area contributed by atoms with Gasteiger partial charge in [-0.25, -0.2) is 0 Å². The van der Waals surface area contributed by atoms with E-state index in [9.17, 15) is 18.0 Å². The molecule has 0 saturated carbocycles. The number of halogens is 3. The SMILES string of the molecule is C[C@H](NC(=O)c1ccccc1OC(F)(F)F)C1(c2ccccc2)CCN(C)CC1. The van der Waals surface area contributed by atoms with Crippen molar-refractivity contribution in [2.45, 2.75) is 37.6 Å². The van der Waals surface area contributed by atoms with Gasteiger partial charge in [-0.3, -0.25) is 4.79 Å². The standard InChI is InChI=1S/C22H25F3N2O2/c1-16(21(12-14-27(2)15-13-21)17-8-4-3-5-9-17)26-20(28)18-10-6-7-11-19(18)29-22(23,24)25/h3-11,16H,12-15H2,1-2H3,(H,26,28)/t16-/m0/s1. The Labute approximate surface area is 168 Å². The molecule has 0 spiro atoms. The normalized spacial score (nSPS) is 18.1. The molecule has 1 saturated heterocycles. The number of likely N-dealkylation sites (tertiary alicyclic amines) is 1. The fourth-order valence-electron chi connectivity index (χ4n) is 4.04. The van der Waals surface area contributed by atoms with Crippen LogP contribution in [-0.2, 0) is 5.41 Å². The summed E-state index contributed by atoms with van der Waals surface area (Å²) in [6.07, 6.45) is -3.17. The zero-order valence-corrected chi connectivity index (χ0v) is 16.5. The molecule has 1 atom stereocenters. The van der Waals surface area contributed by atoms with Crippen LogP contribution < -0.4 is 10.1 Å². The van der Waals surface area contributed by atoms with Crippen LogP contribution in [0.15, 0.2) is 54.6 Å². The minimum Gasteiger partial charge on any atom is -0.405 e. The van der Waals surface area contributed by atoms with Gasteiger partial charge in [0.2, 0.25) is 0 Å². The number of amides is 1. The van der Waals surface area contributed by atoms with E-state index in [-0.39, 0.29) is 17.0 Å². The molecule has 4 nitrogen and oxygen atoms in total. The van der Waals surface area contributed by atoms with Gasteiger partial charge in [-0.1, -0.05) is 42.5 Å². The highest BCUT2D eigenvalue weighted by Crippen LogP contribution is 2.38. The van der Waals surface area contributed by atoms with Crippen molar-refractivity contribution in [3.63, 3.8) is 0 Å². The molecule has 0 unspecified atom stereocenters. The topological polar surface area (TPSA) is 41.6 Å². The molecule has 2 aromatic rings. The number of carbonyl (C=O) groups excluding carboxylic acids is 1. The van der Waals surface area contributed by atoms with Gasteiger partial charge in [-0.2, -0.15) is 0 Å². The molecule has 1 N–H and O–H groups in total. The van der Waals surface area contributed by atoms with Crippen molar-refractivity contribution in [1.82, 2.24) is 10.2 Å². The quantitative estimate of drug-likeness (QED) is 0.802. The van der Waals surface area contributed by atoms with Crippen molar-refractivity contribution in [3.8, 4) is 5.75 Å². The second-order valence-electron chi connectivity index (χ2n) is 7.56. The predicted octanol–water partition coefficient (Wildman–Crippen LogP) is 4.37. The van der Waals surface area contributed by atoms with Crippen molar-refractivity contribution < 1.29 is 22.7 Å². The van der Waals surface area contributed by atoms with Crippen LogP contribution in [0.1, 0.15) is 35.7 Å². The van der Waals surface area contributed by atoms with Gasteiger partial charge < -0.3 is 15.0 Å². The lowest BCUT2D eigenvalue weighted by Crippen LogP contribution is -2.54. The van der Waals surface area contributed by atoms with E-state index < -0.39 is 18.0 Å². The van der Waals surface area contributed by atoms with Crippen molar-refractivity contribution in [2.24, 2.45) is 0 Å². The zero-order valence-electron chi connectivity index (χ0n) is 16.5. The second-order valence-corrected chi connectivity index (χ2v) is 7.56. The molecule has 0 bridgehead atoms. The Morgan fingerprint density at radius 2 is 1.66 bits per heavy atom. The van der Waals surface area contributed by atoms with E-state index in [2.05, 4.69) is 34.1 Å². The van der Waals surface area contributed by atoms with Crippen LogP contribution in [0.4, 0.5) is 13.2 Å². The molecular formula is C22H25F3N2O2. The molecule has 0 aromatic heterocycles. The molecule has 29 heavy (non-hydrogen) atoms. The van der Waals surface area contributed by atoms with E-state index in [1.54, 1.807) is 0 Å². The van der Waals surface area contributed by atoms with Crippen LogP contribution in [0.3, 0.4) is 0 Å². The third-order valence-electron chi connectivity index (χ3n) is 5.76. The number of nitrogens with one attached hydrogen (secondary N) is 1. The molecule has 0 aliphatic carbocycles. The number of para-hydroxylation sites is 1. The third-order valence-corrected chi connectivity index (χ3v) is 5.76. The summed E-state index contributed by atoms with van der Waals surface area (Å²) in [7, 11) is 2.06. The fourth-order valence-corrected chi connectivity index (χ4v) is 4.04. The van der Waals surface area contributed by atoms with Crippen molar-refractivity contribution in [2.75, 3.05) is 20.1 Å². The van der Waals surface area contributed by atoms with Crippen molar-refractivity contribution in [1.29, 1.82) is 0 Å². The Balaban J connectivity index is 1.86. The summed E-state index contributed by atoms with van der Waals surface area (Å²) in [6, 6.07) is 15.1. The first-order valence-electron chi connectivity index (χ1n) is 9.61. The molecule has 1 heterocycles. The highest BCUT2D eigenvalue weighted by molar-refractivity contribution is 5.97. The number of piperidine rings is 1. The Morgan fingerprint density at radius 3 is 2.28 bits per heavy atom. The molecular weight excluding hydrogens is 381 g/mol. The third kappa shape index (κ3) is 4.90. The van der Waals surface area contributed by atoms with Crippen LogP contribution in [0.5, 0.6) is 5.75 Å². The van der Waals surface area contributed by atoms with Gasteiger partial charge >= 0.3 is 6.36 Å². The number of rotatable bonds is 5. The van der Waals surface area contributed by atoms with Crippen molar-refractivity contribution >= 4 is 5.91 Å². The van der Waals surface area contributed by atoms with E-state index in [1.807, 2.05) is 25.1 Å². The first-order valence-corrected chi connectivity index (χ1v) is 9.61. The first kappa shape index (κ1) is 21.2. The molecule has 1 amide bonds. The Hall–Kier alpha value is -2.54. The van der Waals surface area contributed by atoms with Gasteiger partial charge in [0, 0.05) is 11.5 Å². The van der Waals surface area contributed by atoms with Crippen molar-refractivity contribution in [3.05, 3.63) is 65.7 Å².